The fourth-order valence-corrected chi connectivity index (χ4v) is 1.66. The number of hydrogen-bond acceptors (Lipinski definition) is 2. The number of carboxylic acid groups (broad SMARTS) is 1. The molecule has 0 aliphatic rings. The van der Waals surface area contributed by atoms with Crippen LogP contribution in [-0.4, -0.2) is 11.6 Å². The summed E-state index contributed by atoms with van der Waals surface area (Å²) in [7, 11) is 0. The van der Waals surface area contributed by atoms with Crippen molar-refractivity contribution < 1.29 is 9.90 Å². The molecule has 0 unspecified atom stereocenters. The molecule has 0 saturated carbocycles. The average molecular weight is 241 g/mol. The summed E-state index contributed by atoms with van der Waals surface area (Å²) < 4.78 is 0. The van der Waals surface area contributed by atoms with Crippen LogP contribution in [0.5, 0.6) is 0 Å². The van der Waals surface area contributed by atoms with Crippen molar-refractivity contribution in [2.24, 2.45) is 0 Å². The van der Waals surface area contributed by atoms with Gasteiger partial charge in [-0.15, -0.1) is 0 Å². The monoisotopic (exact) mass is 240 g/mol. The van der Waals surface area contributed by atoms with E-state index >= 15 is 0 Å². The molecule has 0 fully saturated rings. The quantitative estimate of drug-likeness (QED) is 0.757. The van der Waals surface area contributed by atoms with Crippen molar-refractivity contribution in [3.63, 3.8) is 0 Å². The van der Waals surface area contributed by atoms with E-state index in [4.69, 9.17) is 11.6 Å². The predicted octanol–water partition coefficient (Wildman–Crippen LogP) is 2.60. The highest BCUT2D eigenvalue weighted by molar-refractivity contribution is 6.31. The molecular formula is C12H15ClNO2-. The van der Waals surface area contributed by atoms with E-state index in [1.165, 1.54) is 4.90 Å². The summed E-state index contributed by atoms with van der Waals surface area (Å²) >= 11 is 5.97. The van der Waals surface area contributed by atoms with Gasteiger partial charge in [-0.2, -0.15) is 0 Å². The van der Waals surface area contributed by atoms with Crippen molar-refractivity contribution >= 4 is 23.4 Å². The van der Waals surface area contributed by atoms with Gasteiger partial charge < -0.3 is 14.8 Å². The SMILES string of the molecule is Cc1ccc(N(C(=O)[O-])C(C)(C)C)cc1Cl. The normalized spacial score (nSPS) is 11.3. The molecule has 0 radical (unpaired) electrons. The predicted molar refractivity (Wildman–Crippen MR) is 63.8 cm³/mol. The van der Waals surface area contributed by atoms with Crippen LogP contribution in [0.4, 0.5) is 10.5 Å². The van der Waals surface area contributed by atoms with E-state index in [0.717, 1.165) is 5.56 Å². The number of benzene rings is 1. The molecule has 0 spiro atoms. The lowest BCUT2D eigenvalue weighted by molar-refractivity contribution is -0.247. The molecule has 1 aromatic rings. The summed E-state index contributed by atoms with van der Waals surface area (Å²) in [4.78, 5) is 12.3. The van der Waals surface area contributed by atoms with Gasteiger partial charge in [0.2, 0.25) is 0 Å². The van der Waals surface area contributed by atoms with Gasteiger partial charge in [0.05, 0.1) is 0 Å². The molecule has 16 heavy (non-hydrogen) atoms. The number of amides is 1. The first kappa shape index (κ1) is 12.8. The summed E-state index contributed by atoms with van der Waals surface area (Å²) in [5, 5.41) is 11.7. The van der Waals surface area contributed by atoms with Crippen LogP contribution in [-0.2, 0) is 0 Å². The van der Waals surface area contributed by atoms with Crippen molar-refractivity contribution in [3.05, 3.63) is 28.8 Å². The lowest BCUT2D eigenvalue weighted by Gasteiger charge is -2.38. The number of aryl methyl sites for hydroxylation is 1. The Morgan fingerprint density at radius 3 is 2.31 bits per heavy atom. The second kappa shape index (κ2) is 4.34. The first-order chi connectivity index (χ1) is 7.23. The summed E-state index contributed by atoms with van der Waals surface area (Å²) in [6.45, 7) is 7.27. The molecule has 0 bridgehead atoms. The lowest BCUT2D eigenvalue weighted by Crippen LogP contribution is -2.52. The fraction of sp³-hybridized carbons (Fsp3) is 0.417. The molecular weight excluding hydrogens is 226 g/mol. The van der Waals surface area contributed by atoms with Gasteiger partial charge in [0.1, 0.15) is 6.09 Å². The fourth-order valence-electron chi connectivity index (χ4n) is 1.49. The van der Waals surface area contributed by atoms with E-state index in [-0.39, 0.29) is 0 Å². The Kier molecular flexibility index (Phi) is 3.48. The number of hydrogen-bond donors (Lipinski definition) is 0. The maximum atomic E-state index is 11.1. The molecule has 0 aliphatic heterocycles. The summed E-state index contributed by atoms with van der Waals surface area (Å²) in [5.41, 5.74) is 0.887. The molecule has 0 aromatic heterocycles. The topological polar surface area (TPSA) is 43.4 Å². The molecule has 0 heterocycles. The Bertz CT molecular complexity index is 410. The summed E-state index contributed by atoms with van der Waals surface area (Å²) in [6, 6.07) is 5.15. The van der Waals surface area contributed by atoms with Crippen molar-refractivity contribution in [3.8, 4) is 0 Å². The minimum absolute atomic E-state index is 0.531. The number of rotatable bonds is 1. The van der Waals surface area contributed by atoms with Crippen LogP contribution in [0.2, 0.25) is 5.02 Å². The number of halogens is 1. The second-order valence-corrected chi connectivity index (χ2v) is 5.11. The van der Waals surface area contributed by atoms with Crippen molar-refractivity contribution in [1.29, 1.82) is 0 Å². The standard InChI is InChI=1S/C12H16ClNO2/c1-8-5-6-9(7-10(8)13)14(11(15)16)12(2,3)4/h5-7H,1-4H3,(H,15,16)/p-1. The molecule has 1 rings (SSSR count). The van der Waals surface area contributed by atoms with Gasteiger partial charge in [-0.1, -0.05) is 17.7 Å². The van der Waals surface area contributed by atoms with Crippen LogP contribution in [0.3, 0.4) is 0 Å². The number of anilines is 1. The van der Waals surface area contributed by atoms with Gasteiger partial charge in [0.25, 0.3) is 0 Å². The van der Waals surface area contributed by atoms with Crippen LogP contribution in [0.25, 0.3) is 0 Å². The van der Waals surface area contributed by atoms with Gasteiger partial charge >= 0.3 is 0 Å². The molecule has 1 amide bonds. The van der Waals surface area contributed by atoms with Crippen LogP contribution < -0.4 is 10.0 Å². The van der Waals surface area contributed by atoms with Crippen LogP contribution >= 0.6 is 11.6 Å². The third-order valence-corrected chi connectivity index (χ3v) is 2.67. The maximum Gasteiger partial charge on any atom is 0.142 e. The third-order valence-electron chi connectivity index (χ3n) is 2.27. The molecule has 3 nitrogen and oxygen atoms in total. The first-order valence-corrected chi connectivity index (χ1v) is 5.38. The van der Waals surface area contributed by atoms with Crippen molar-refractivity contribution in [1.82, 2.24) is 0 Å². The van der Waals surface area contributed by atoms with Gasteiger partial charge in [-0.25, -0.2) is 0 Å². The van der Waals surface area contributed by atoms with E-state index in [9.17, 15) is 9.90 Å². The highest BCUT2D eigenvalue weighted by Crippen LogP contribution is 2.27. The molecule has 0 N–H and O–H groups in total. The van der Waals surface area contributed by atoms with Gasteiger partial charge in [-0.05, 0) is 45.4 Å². The van der Waals surface area contributed by atoms with Gasteiger partial charge in [0, 0.05) is 16.2 Å². The first-order valence-electron chi connectivity index (χ1n) is 5.01. The van der Waals surface area contributed by atoms with Crippen LogP contribution in [0.1, 0.15) is 26.3 Å². The van der Waals surface area contributed by atoms with E-state index in [1.54, 1.807) is 39.0 Å². The lowest BCUT2D eigenvalue weighted by atomic mass is 10.1. The van der Waals surface area contributed by atoms with E-state index in [2.05, 4.69) is 0 Å². The Morgan fingerprint density at radius 2 is 1.94 bits per heavy atom. The van der Waals surface area contributed by atoms with Crippen LogP contribution in [0, 0.1) is 6.92 Å². The molecule has 4 heteroatoms. The van der Waals surface area contributed by atoms with Crippen molar-refractivity contribution in [2.45, 2.75) is 33.2 Å². The second-order valence-electron chi connectivity index (χ2n) is 4.71. The van der Waals surface area contributed by atoms with E-state index < -0.39 is 11.6 Å². The number of carbonyl (C=O) groups excluding carboxylic acids is 1. The Balaban J connectivity index is 3.22. The smallest absolute Gasteiger partial charge is 0.142 e. The van der Waals surface area contributed by atoms with Crippen LogP contribution in [0.15, 0.2) is 18.2 Å². The largest absolute Gasteiger partial charge is 0.530 e. The number of carbonyl (C=O) groups is 1. The zero-order valence-corrected chi connectivity index (χ0v) is 10.6. The number of nitrogens with zero attached hydrogens (tertiary/aromatic N) is 1. The molecule has 0 saturated heterocycles. The molecule has 0 atom stereocenters. The maximum absolute atomic E-state index is 11.1. The van der Waals surface area contributed by atoms with Crippen molar-refractivity contribution in [2.75, 3.05) is 4.90 Å². The zero-order chi connectivity index (χ0) is 12.5. The Morgan fingerprint density at radius 1 is 1.38 bits per heavy atom. The summed E-state index contributed by atoms with van der Waals surface area (Å²) in [6.07, 6.45) is -1.23. The summed E-state index contributed by atoms with van der Waals surface area (Å²) in [5.74, 6) is 0. The third kappa shape index (κ3) is 2.67. The molecule has 88 valence electrons. The van der Waals surface area contributed by atoms with Gasteiger partial charge in [-0.3, -0.25) is 0 Å². The highest BCUT2D eigenvalue weighted by atomic mass is 35.5. The Labute approximate surface area is 101 Å². The highest BCUT2D eigenvalue weighted by Gasteiger charge is 2.23. The molecule has 0 aliphatic carbocycles. The minimum atomic E-state index is -1.23. The molecule has 1 aromatic carbocycles. The minimum Gasteiger partial charge on any atom is -0.530 e. The average Bonchev–Trinajstić information content (AvgIpc) is 2.08. The van der Waals surface area contributed by atoms with E-state index in [1.807, 2.05) is 6.92 Å². The Hall–Kier alpha value is -1.22. The van der Waals surface area contributed by atoms with Gasteiger partial charge in [0.15, 0.2) is 0 Å². The zero-order valence-electron chi connectivity index (χ0n) is 9.87. The van der Waals surface area contributed by atoms with E-state index in [0.29, 0.717) is 10.7 Å².